The van der Waals surface area contributed by atoms with E-state index in [1.807, 2.05) is 11.3 Å². The summed E-state index contributed by atoms with van der Waals surface area (Å²) in [6.45, 7) is 1.93. The van der Waals surface area contributed by atoms with Crippen molar-refractivity contribution in [3.8, 4) is 11.5 Å². The van der Waals surface area contributed by atoms with Crippen LogP contribution in [-0.2, 0) is 13.5 Å². The van der Waals surface area contributed by atoms with Crippen molar-refractivity contribution in [3.63, 3.8) is 0 Å². The molecule has 116 valence electrons. The highest BCUT2D eigenvalue weighted by Gasteiger charge is 2.19. The van der Waals surface area contributed by atoms with Crippen LogP contribution >= 0.6 is 11.6 Å². The molecule has 0 atom stereocenters. The molecule has 0 N–H and O–H groups in total. The van der Waals surface area contributed by atoms with E-state index in [9.17, 15) is 4.79 Å². The molecule has 3 aromatic heterocycles. The van der Waals surface area contributed by atoms with Crippen molar-refractivity contribution >= 4 is 28.2 Å². The summed E-state index contributed by atoms with van der Waals surface area (Å²) in [4.78, 5) is 21.3. The van der Waals surface area contributed by atoms with Gasteiger partial charge < -0.3 is 4.52 Å². The Morgan fingerprint density at radius 2 is 2.17 bits per heavy atom. The highest BCUT2D eigenvalue weighted by atomic mass is 35.5. The number of halogens is 1. The molecule has 0 aliphatic rings. The summed E-state index contributed by atoms with van der Waals surface area (Å²) >= 11 is 6.01. The number of hydrogen-bond acceptors (Lipinski definition) is 5. The van der Waals surface area contributed by atoms with Crippen molar-refractivity contribution in [1.29, 1.82) is 0 Å². The fraction of sp³-hybridized carbons (Fsp3) is 0.200. The zero-order valence-electron chi connectivity index (χ0n) is 12.4. The van der Waals surface area contributed by atoms with E-state index in [1.54, 1.807) is 31.6 Å². The van der Waals surface area contributed by atoms with E-state index in [1.165, 1.54) is 4.57 Å². The van der Waals surface area contributed by atoms with Crippen LogP contribution in [0.5, 0.6) is 0 Å². The van der Waals surface area contributed by atoms with Gasteiger partial charge in [-0.3, -0.25) is 13.8 Å². The number of nitrogens with zero attached hydrogens (tertiary/aromatic N) is 5. The first-order valence-corrected chi connectivity index (χ1v) is 7.46. The standard InChI is InChI=1S/C15H12ClN5O2/c1-3-11-18-13(19-23-11)12-14-20(2)15(22)9-6-8(16)4-5-10(9)21(14)7-17-12/h4-7H,3H2,1-2H3. The molecule has 23 heavy (non-hydrogen) atoms. The van der Waals surface area contributed by atoms with Gasteiger partial charge in [0.15, 0.2) is 11.3 Å². The quantitative estimate of drug-likeness (QED) is 0.564. The highest BCUT2D eigenvalue weighted by Crippen LogP contribution is 2.24. The largest absolute Gasteiger partial charge is 0.339 e. The Hall–Kier alpha value is -2.67. The lowest BCUT2D eigenvalue weighted by Gasteiger charge is -2.07. The van der Waals surface area contributed by atoms with Crippen LogP contribution in [-0.4, -0.2) is 24.1 Å². The van der Waals surface area contributed by atoms with Gasteiger partial charge in [0.05, 0.1) is 10.9 Å². The molecule has 0 unspecified atom stereocenters. The highest BCUT2D eigenvalue weighted by molar-refractivity contribution is 6.31. The monoisotopic (exact) mass is 329 g/mol. The normalized spacial score (nSPS) is 11.6. The van der Waals surface area contributed by atoms with Crippen LogP contribution in [0.15, 0.2) is 33.8 Å². The molecule has 0 aliphatic heterocycles. The minimum Gasteiger partial charge on any atom is -0.339 e. The summed E-state index contributed by atoms with van der Waals surface area (Å²) in [6, 6.07) is 5.19. The maximum Gasteiger partial charge on any atom is 0.261 e. The van der Waals surface area contributed by atoms with Gasteiger partial charge in [0, 0.05) is 18.5 Å². The van der Waals surface area contributed by atoms with Gasteiger partial charge in [0.25, 0.3) is 5.56 Å². The average molecular weight is 330 g/mol. The molecular formula is C15H12ClN5O2. The fourth-order valence-electron chi connectivity index (χ4n) is 2.66. The van der Waals surface area contributed by atoms with E-state index >= 15 is 0 Å². The Kier molecular flexibility index (Phi) is 2.99. The van der Waals surface area contributed by atoms with Crippen LogP contribution in [0.25, 0.3) is 28.1 Å². The molecule has 3 heterocycles. The summed E-state index contributed by atoms with van der Waals surface area (Å²) in [5, 5.41) is 4.99. The molecular weight excluding hydrogens is 318 g/mol. The lowest BCUT2D eigenvalue weighted by molar-refractivity contribution is 0.382. The van der Waals surface area contributed by atoms with Gasteiger partial charge >= 0.3 is 0 Å². The van der Waals surface area contributed by atoms with Gasteiger partial charge in [0.1, 0.15) is 6.33 Å². The molecule has 7 nitrogen and oxygen atoms in total. The zero-order valence-corrected chi connectivity index (χ0v) is 13.2. The Labute approximate surface area is 135 Å². The number of hydrogen-bond donors (Lipinski definition) is 0. The molecule has 0 aliphatic carbocycles. The van der Waals surface area contributed by atoms with Crippen LogP contribution in [0.2, 0.25) is 5.02 Å². The third-order valence-corrected chi connectivity index (χ3v) is 4.03. The first-order valence-electron chi connectivity index (χ1n) is 7.08. The van der Waals surface area contributed by atoms with Crippen molar-refractivity contribution in [2.45, 2.75) is 13.3 Å². The number of imidazole rings is 1. The number of benzene rings is 1. The maximum absolute atomic E-state index is 12.6. The molecule has 0 saturated carbocycles. The minimum atomic E-state index is -0.157. The topological polar surface area (TPSA) is 78.2 Å². The van der Waals surface area contributed by atoms with Crippen molar-refractivity contribution in [3.05, 3.63) is 45.8 Å². The lowest BCUT2D eigenvalue weighted by Crippen LogP contribution is -2.19. The van der Waals surface area contributed by atoms with Gasteiger partial charge in [-0.15, -0.1) is 0 Å². The van der Waals surface area contributed by atoms with E-state index in [2.05, 4.69) is 15.1 Å². The van der Waals surface area contributed by atoms with Gasteiger partial charge in [-0.1, -0.05) is 23.7 Å². The van der Waals surface area contributed by atoms with Gasteiger partial charge in [0.2, 0.25) is 11.7 Å². The fourth-order valence-corrected chi connectivity index (χ4v) is 2.83. The van der Waals surface area contributed by atoms with Crippen LogP contribution < -0.4 is 5.56 Å². The predicted octanol–water partition coefficient (Wildman–Crippen LogP) is 2.45. The molecule has 0 amide bonds. The van der Waals surface area contributed by atoms with Crippen molar-refractivity contribution in [1.82, 2.24) is 24.1 Å². The van der Waals surface area contributed by atoms with E-state index in [4.69, 9.17) is 16.1 Å². The Morgan fingerprint density at radius 3 is 2.91 bits per heavy atom. The summed E-state index contributed by atoms with van der Waals surface area (Å²) in [5.74, 6) is 0.895. The van der Waals surface area contributed by atoms with Crippen LogP contribution in [0.4, 0.5) is 0 Å². The molecule has 8 heteroatoms. The average Bonchev–Trinajstić information content (AvgIpc) is 3.18. The Balaban J connectivity index is 2.12. The second-order valence-electron chi connectivity index (χ2n) is 5.18. The number of aromatic nitrogens is 5. The summed E-state index contributed by atoms with van der Waals surface area (Å²) in [6.07, 6.45) is 2.28. The number of fused-ring (bicyclic) bond motifs is 3. The third kappa shape index (κ3) is 1.97. The van der Waals surface area contributed by atoms with Gasteiger partial charge in [-0.25, -0.2) is 4.98 Å². The molecule has 4 aromatic rings. The lowest BCUT2D eigenvalue weighted by atomic mass is 10.2. The zero-order chi connectivity index (χ0) is 16.1. The van der Waals surface area contributed by atoms with Crippen LogP contribution in [0.1, 0.15) is 12.8 Å². The van der Waals surface area contributed by atoms with Crippen LogP contribution in [0, 0.1) is 0 Å². The first-order chi connectivity index (χ1) is 11.1. The second-order valence-corrected chi connectivity index (χ2v) is 5.61. The van der Waals surface area contributed by atoms with E-state index < -0.39 is 0 Å². The molecule has 0 bridgehead atoms. The van der Waals surface area contributed by atoms with Crippen LogP contribution in [0.3, 0.4) is 0 Å². The Morgan fingerprint density at radius 1 is 1.35 bits per heavy atom. The third-order valence-electron chi connectivity index (χ3n) is 3.80. The number of rotatable bonds is 2. The minimum absolute atomic E-state index is 0.157. The summed E-state index contributed by atoms with van der Waals surface area (Å²) < 4.78 is 8.49. The second kappa shape index (κ2) is 4.92. The van der Waals surface area contributed by atoms with Crippen molar-refractivity contribution < 1.29 is 4.52 Å². The van der Waals surface area contributed by atoms with E-state index in [0.717, 1.165) is 5.52 Å². The molecule has 0 spiro atoms. The maximum atomic E-state index is 12.6. The smallest absolute Gasteiger partial charge is 0.261 e. The SMILES string of the molecule is CCc1nc(-c2ncn3c4ccc(Cl)cc4c(=O)n(C)c23)no1. The molecule has 0 fully saturated rings. The van der Waals surface area contributed by atoms with E-state index in [-0.39, 0.29) is 5.56 Å². The van der Waals surface area contributed by atoms with Gasteiger partial charge in [-0.05, 0) is 18.2 Å². The molecule has 1 aromatic carbocycles. The van der Waals surface area contributed by atoms with Crippen molar-refractivity contribution in [2.24, 2.45) is 7.05 Å². The molecule has 4 rings (SSSR count). The Bertz CT molecular complexity index is 1110. The van der Waals surface area contributed by atoms with Crippen molar-refractivity contribution in [2.75, 3.05) is 0 Å². The van der Waals surface area contributed by atoms with Gasteiger partial charge in [-0.2, -0.15) is 4.98 Å². The van der Waals surface area contributed by atoms with E-state index in [0.29, 0.717) is 39.9 Å². The first kappa shape index (κ1) is 14.0. The predicted molar refractivity (Wildman–Crippen MR) is 85.6 cm³/mol. The summed E-state index contributed by atoms with van der Waals surface area (Å²) in [7, 11) is 1.68. The summed E-state index contributed by atoms with van der Waals surface area (Å²) in [5.41, 5.74) is 1.68. The number of aryl methyl sites for hydroxylation is 2. The molecule has 0 radical (unpaired) electrons. The molecule has 0 saturated heterocycles.